The molecule has 0 bridgehead atoms. The van der Waals surface area contributed by atoms with E-state index in [2.05, 4.69) is 10.3 Å². The van der Waals surface area contributed by atoms with Crippen molar-refractivity contribution in [1.29, 1.82) is 0 Å². The lowest BCUT2D eigenvalue weighted by Crippen LogP contribution is -2.02. The van der Waals surface area contributed by atoms with Gasteiger partial charge in [0.25, 0.3) is 0 Å². The highest BCUT2D eigenvalue weighted by Gasteiger charge is 2.15. The Balaban J connectivity index is 2.10. The van der Waals surface area contributed by atoms with E-state index < -0.39 is 0 Å². The molecule has 2 N–H and O–H groups in total. The third-order valence-electron chi connectivity index (χ3n) is 2.51. The van der Waals surface area contributed by atoms with Gasteiger partial charge in [0.2, 0.25) is 0 Å². The number of anilines is 1. The van der Waals surface area contributed by atoms with E-state index in [9.17, 15) is 4.39 Å². The Kier molecular flexibility index (Phi) is 2.33. The molecule has 0 saturated heterocycles. The molecule has 0 radical (unpaired) electrons. The molecule has 1 aromatic carbocycles. The van der Waals surface area contributed by atoms with Gasteiger partial charge in [-0.2, -0.15) is 4.68 Å². The molecular formula is C12H9FN4O. The molecule has 0 spiro atoms. The Labute approximate surface area is 102 Å². The summed E-state index contributed by atoms with van der Waals surface area (Å²) in [6.07, 6.45) is 1.52. The molecule has 0 aliphatic heterocycles. The van der Waals surface area contributed by atoms with Crippen LogP contribution in [0.1, 0.15) is 0 Å². The van der Waals surface area contributed by atoms with Gasteiger partial charge in [-0.25, -0.2) is 4.39 Å². The first-order valence-electron chi connectivity index (χ1n) is 5.27. The van der Waals surface area contributed by atoms with Crippen molar-refractivity contribution in [1.82, 2.24) is 15.0 Å². The van der Waals surface area contributed by atoms with Crippen LogP contribution in [0.2, 0.25) is 0 Å². The van der Waals surface area contributed by atoms with Gasteiger partial charge in [0.05, 0.1) is 12.0 Å². The second-order valence-electron chi connectivity index (χ2n) is 3.69. The van der Waals surface area contributed by atoms with Crippen LogP contribution in [0.3, 0.4) is 0 Å². The Bertz CT molecular complexity index is 675. The fourth-order valence-corrected chi connectivity index (χ4v) is 1.68. The van der Waals surface area contributed by atoms with Crippen molar-refractivity contribution in [2.24, 2.45) is 0 Å². The Morgan fingerprint density at radius 3 is 2.83 bits per heavy atom. The highest BCUT2D eigenvalue weighted by molar-refractivity contribution is 5.66. The zero-order valence-electron chi connectivity index (χ0n) is 9.25. The van der Waals surface area contributed by atoms with Gasteiger partial charge in [-0.3, -0.25) is 0 Å². The molecule has 0 atom stereocenters. The number of furan rings is 1. The van der Waals surface area contributed by atoms with Crippen LogP contribution in [0.5, 0.6) is 0 Å². The van der Waals surface area contributed by atoms with Crippen molar-refractivity contribution in [3.63, 3.8) is 0 Å². The van der Waals surface area contributed by atoms with E-state index in [1.807, 2.05) is 0 Å². The zero-order chi connectivity index (χ0) is 12.5. The Morgan fingerprint density at radius 1 is 1.22 bits per heavy atom. The van der Waals surface area contributed by atoms with Crippen molar-refractivity contribution >= 4 is 5.82 Å². The maximum Gasteiger partial charge on any atom is 0.172 e. The molecule has 0 aliphatic carbocycles. The normalized spacial score (nSPS) is 10.7. The number of hydrogen-bond donors (Lipinski definition) is 1. The van der Waals surface area contributed by atoms with Crippen LogP contribution >= 0.6 is 0 Å². The van der Waals surface area contributed by atoms with Gasteiger partial charge < -0.3 is 10.2 Å². The largest absolute Gasteiger partial charge is 0.463 e. The van der Waals surface area contributed by atoms with E-state index in [1.54, 1.807) is 24.3 Å². The van der Waals surface area contributed by atoms with Gasteiger partial charge >= 0.3 is 0 Å². The van der Waals surface area contributed by atoms with Crippen molar-refractivity contribution in [3.8, 4) is 17.1 Å². The smallest absolute Gasteiger partial charge is 0.172 e. The summed E-state index contributed by atoms with van der Waals surface area (Å²) < 4.78 is 19.7. The number of aromatic nitrogens is 3. The first-order valence-corrected chi connectivity index (χ1v) is 5.27. The van der Waals surface area contributed by atoms with Crippen molar-refractivity contribution in [2.45, 2.75) is 0 Å². The minimum absolute atomic E-state index is 0.301. The third-order valence-corrected chi connectivity index (χ3v) is 2.51. The maximum absolute atomic E-state index is 13.1. The van der Waals surface area contributed by atoms with Crippen LogP contribution in [0.25, 0.3) is 17.1 Å². The van der Waals surface area contributed by atoms with Gasteiger partial charge in [0.15, 0.2) is 17.3 Å². The number of benzene rings is 1. The summed E-state index contributed by atoms with van der Waals surface area (Å²) in [5, 5.41) is 7.83. The molecule has 5 nitrogen and oxygen atoms in total. The SMILES string of the molecule is Nc1c(-c2ccco2)nnn1-c1cccc(F)c1. The van der Waals surface area contributed by atoms with Crippen LogP contribution in [0, 0.1) is 5.82 Å². The van der Waals surface area contributed by atoms with Gasteiger partial charge in [-0.1, -0.05) is 11.3 Å². The van der Waals surface area contributed by atoms with E-state index in [4.69, 9.17) is 10.2 Å². The number of nitrogen functional groups attached to an aromatic ring is 1. The summed E-state index contributed by atoms with van der Waals surface area (Å²) in [5.41, 5.74) is 6.88. The molecular weight excluding hydrogens is 235 g/mol. The Morgan fingerprint density at radius 2 is 2.11 bits per heavy atom. The molecule has 3 aromatic rings. The molecule has 2 aromatic heterocycles. The molecule has 0 unspecified atom stereocenters. The van der Waals surface area contributed by atoms with E-state index in [1.165, 1.54) is 23.1 Å². The monoisotopic (exact) mass is 244 g/mol. The second kappa shape index (κ2) is 3.99. The summed E-state index contributed by atoms with van der Waals surface area (Å²) in [4.78, 5) is 0. The summed E-state index contributed by atoms with van der Waals surface area (Å²) >= 11 is 0. The van der Waals surface area contributed by atoms with E-state index in [0.717, 1.165) is 0 Å². The number of hydrogen-bond acceptors (Lipinski definition) is 4. The lowest BCUT2D eigenvalue weighted by molar-refractivity contribution is 0.580. The van der Waals surface area contributed by atoms with Crippen molar-refractivity contribution in [3.05, 3.63) is 48.5 Å². The summed E-state index contributed by atoms with van der Waals surface area (Å²) in [7, 11) is 0. The van der Waals surface area contributed by atoms with Crippen LogP contribution < -0.4 is 5.73 Å². The number of nitrogens with two attached hydrogens (primary N) is 1. The minimum atomic E-state index is -0.359. The first-order chi connectivity index (χ1) is 8.75. The molecule has 0 aliphatic rings. The fourth-order valence-electron chi connectivity index (χ4n) is 1.68. The van der Waals surface area contributed by atoms with Gasteiger partial charge in [0, 0.05) is 0 Å². The molecule has 0 amide bonds. The average Bonchev–Trinajstić information content (AvgIpc) is 2.97. The standard InChI is InChI=1S/C12H9FN4O/c13-8-3-1-4-9(7-8)17-12(14)11(15-16-17)10-5-2-6-18-10/h1-7H,14H2. The zero-order valence-corrected chi connectivity index (χ0v) is 9.25. The minimum Gasteiger partial charge on any atom is -0.463 e. The lowest BCUT2D eigenvalue weighted by Gasteiger charge is -2.02. The van der Waals surface area contributed by atoms with E-state index >= 15 is 0 Å². The molecule has 6 heteroatoms. The van der Waals surface area contributed by atoms with E-state index in [-0.39, 0.29) is 5.82 Å². The summed E-state index contributed by atoms with van der Waals surface area (Å²) in [5.74, 6) is 0.465. The highest BCUT2D eigenvalue weighted by Crippen LogP contribution is 2.25. The number of halogens is 1. The molecule has 90 valence electrons. The average molecular weight is 244 g/mol. The predicted molar refractivity (Wildman–Crippen MR) is 63.4 cm³/mol. The Hall–Kier alpha value is -2.63. The summed E-state index contributed by atoms with van der Waals surface area (Å²) in [6, 6.07) is 9.42. The lowest BCUT2D eigenvalue weighted by atomic mass is 10.3. The van der Waals surface area contributed by atoms with Crippen LogP contribution in [0.15, 0.2) is 47.1 Å². The molecule has 0 fully saturated rings. The molecule has 2 heterocycles. The van der Waals surface area contributed by atoms with Crippen molar-refractivity contribution < 1.29 is 8.81 Å². The highest BCUT2D eigenvalue weighted by atomic mass is 19.1. The van der Waals surface area contributed by atoms with Crippen LogP contribution in [0.4, 0.5) is 10.2 Å². The van der Waals surface area contributed by atoms with Crippen LogP contribution in [-0.4, -0.2) is 15.0 Å². The number of rotatable bonds is 2. The van der Waals surface area contributed by atoms with Crippen LogP contribution in [-0.2, 0) is 0 Å². The molecule has 0 saturated carbocycles. The maximum atomic E-state index is 13.1. The fraction of sp³-hybridized carbons (Fsp3) is 0. The van der Waals surface area contributed by atoms with Crippen molar-refractivity contribution in [2.75, 3.05) is 5.73 Å². The molecule has 3 rings (SSSR count). The first kappa shape index (κ1) is 10.5. The third kappa shape index (κ3) is 1.64. The topological polar surface area (TPSA) is 69.9 Å². The van der Waals surface area contributed by atoms with Gasteiger partial charge in [-0.15, -0.1) is 5.10 Å². The summed E-state index contributed by atoms with van der Waals surface area (Å²) in [6.45, 7) is 0. The second-order valence-corrected chi connectivity index (χ2v) is 3.69. The van der Waals surface area contributed by atoms with Gasteiger partial charge in [0.1, 0.15) is 5.82 Å². The van der Waals surface area contributed by atoms with Gasteiger partial charge in [-0.05, 0) is 30.3 Å². The quantitative estimate of drug-likeness (QED) is 0.750. The molecule has 18 heavy (non-hydrogen) atoms. The predicted octanol–water partition coefficient (Wildman–Crippen LogP) is 2.25. The van der Waals surface area contributed by atoms with E-state index in [0.29, 0.717) is 23.0 Å². The number of nitrogens with zero attached hydrogens (tertiary/aromatic N) is 3.